The van der Waals surface area contributed by atoms with E-state index in [-0.39, 0.29) is 5.91 Å². The summed E-state index contributed by atoms with van der Waals surface area (Å²) >= 11 is 0. The fourth-order valence-corrected chi connectivity index (χ4v) is 2.23. The Morgan fingerprint density at radius 3 is 2.82 bits per heavy atom. The molecule has 1 fully saturated rings. The molecule has 0 aliphatic carbocycles. The highest BCUT2D eigenvalue weighted by Crippen LogP contribution is 2.22. The Bertz CT molecular complexity index is 499. The summed E-state index contributed by atoms with van der Waals surface area (Å²) in [5.41, 5.74) is 6.02. The summed E-state index contributed by atoms with van der Waals surface area (Å²) in [4.78, 5) is 14.4. The summed E-state index contributed by atoms with van der Waals surface area (Å²) < 4.78 is 10.9. The Kier molecular flexibility index (Phi) is 5.76. The van der Waals surface area contributed by atoms with Crippen molar-refractivity contribution in [3.63, 3.8) is 0 Å². The molecule has 0 aromatic heterocycles. The number of anilines is 1. The van der Waals surface area contributed by atoms with Crippen molar-refractivity contribution in [1.29, 1.82) is 0 Å². The summed E-state index contributed by atoms with van der Waals surface area (Å²) in [6.45, 7) is 2.49. The summed E-state index contributed by atoms with van der Waals surface area (Å²) in [6, 6.07) is 7.38. The van der Waals surface area contributed by atoms with Crippen LogP contribution in [0.3, 0.4) is 0 Å². The van der Waals surface area contributed by atoms with Crippen LogP contribution in [-0.4, -0.2) is 56.8 Å². The lowest BCUT2D eigenvalue weighted by atomic mass is 9.90. The molecule has 22 heavy (non-hydrogen) atoms. The fourth-order valence-electron chi connectivity index (χ4n) is 2.23. The molecule has 0 saturated carbocycles. The first-order valence-corrected chi connectivity index (χ1v) is 7.55. The SMILES string of the molecule is CN(C)CCOc1cccc(NC(=O)C2(N)CCOCC2)c1. The van der Waals surface area contributed by atoms with Gasteiger partial charge in [-0.1, -0.05) is 6.07 Å². The monoisotopic (exact) mass is 307 g/mol. The minimum atomic E-state index is -0.847. The molecule has 1 aliphatic heterocycles. The zero-order valence-electron chi connectivity index (χ0n) is 13.3. The van der Waals surface area contributed by atoms with E-state index in [0.29, 0.717) is 38.3 Å². The van der Waals surface area contributed by atoms with Crippen molar-refractivity contribution >= 4 is 11.6 Å². The van der Waals surface area contributed by atoms with Crippen LogP contribution in [0.4, 0.5) is 5.69 Å². The van der Waals surface area contributed by atoms with Crippen LogP contribution in [-0.2, 0) is 9.53 Å². The number of carbonyl (C=O) groups excluding carboxylic acids is 1. The molecule has 0 unspecified atom stereocenters. The van der Waals surface area contributed by atoms with E-state index >= 15 is 0 Å². The molecule has 0 radical (unpaired) electrons. The van der Waals surface area contributed by atoms with Crippen LogP contribution >= 0.6 is 0 Å². The number of rotatable bonds is 6. The van der Waals surface area contributed by atoms with Crippen LogP contribution in [0.1, 0.15) is 12.8 Å². The molecule has 6 heteroatoms. The van der Waals surface area contributed by atoms with Crippen LogP contribution in [0.2, 0.25) is 0 Å². The first-order chi connectivity index (χ1) is 10.5. The molecule has 0 bridgehead atoms. The maximum Gasteiger partial charge on any atom is 0.244 e. The van der Waals surface area contributed by atoms with E-state index in [1.54, 1.807) is 0 Å². The van der Waals surface area contributed by atoms with Crippen LogP contribution in [0.25, 0.3) is 0 Å². The molecule has 1 aromatic carbocycles. The van der Waals surface area contributed by atoms with E-state index < -0.39 is 5.54 Å². The van der Waals surface area contributed by atoms with Gasteiger partial charge in [0.1, 0.15) is 17.9 Å². The van der Waals surface area contributed by atoms with Crippen LogP contribution in [0.5, 0.6) is 5.75 Å². The smallest absolute Gasteiger partial charge is 0.244 e. The standard InChI is InChI=1S/C16H25N3O3/c1-19(2)8-11-22-14-5-3-4-13(12-14)18-15(20)16(17)6-9-21-10-7-16/h3-5,12H,6-11,17H2,1-2H3,(H,18,20). The van der Waals surface area contributed by atoms with Gasteiger partial charge in [0, 0.05) is 31.5 Å². The third kappa shape index (κ3) is 4.69. The predicted octanol–water partition coefficient (Wildman–Crippen LogP) is 1.07. The lowest BCUT2D eigenvalue weighted by Gasteiger charge is -2.31. The number of carbonyl (C=O) groups is 1. The molecule has 1 saturated heterocycles. The van der Waals surface area contributed by atoms with Gasteiger partial charge in [0.25, 0.3) is 0 Å². The van der Waals surface area contributed by atoms with E-state index in [1.165, 1.54) is 0 Å². The van der Waals surface area contributed by atoms with Gasteiger partial charge in [-0.25, -0.2) is 0 Å². The number of benzene rings is 1. The Morgan fingerprint density at radius 2 is 2.14 bits per heavy atom. The van der Waals surface area contributed by atoms with Gasteiger partial charge >= 0.3 is 0 Å². The zero-order chi connectivity index (χ0) is 16.0. The Balaban J connectivity index is 1.93. The normalized spacial score (nSPS) is 17.3. The van der Waals surface area contributed by atoms with Crippen molar-refractivity contribution < 1.29 is 14.3 Å². The second-order valence-corrected chi connectivity index (χ2v) is 5.90. The van der Waals surface area contributed by atoms with Gasteiger partial charge in [0.2, 0.25) is 5.91 Å². The molecule has 122 valence electrons. The third-order valence-corrected chi connectivity index (χ3v) is 3.74. The summed E-state index contributed by atoms with van der Waals surface area (Å²) in [6.07, 6.45) is 1.08. The van der Waals surface area contributed by atoms with Crippen molar-refractivity contribution in [1.82, 2.24) is 4.90 Å². The Hall–Kier alpha value is -1.63. The first-order valence-electron chi connectivity index (χ1n) is 7.55. The lowest BCUT2D eigenvalue weighted by Crippen LogP contribution is -2.54. The van der Waals surface area contributed by atoms with E-state index in [2.05, 4.69) is 10.2 Å². The van der Waals surface area contributed by atoms with Gasteiger partial charge in [0.05, 0.1) is 0 Å². The number of hydrogen-bond acceptors (Lipinski definition) is 5. The number of nitrogens with one attached hydrogen (secondary N) is 1. The largest absolute Gasteiger partial charge is 0.492 e. The number of nitrogens with two attached hydrogens (primary N) is 1. The molecule has 1 aromatic rings. The van der Waals surface area contributed by atoms with E-state index in [0.717, 1.165) is 12.3 Å². The van der Waals surface area contributed by atoms with Crippen LogP contribution < -0.4 is 15.8 Å². The zero-order valence-corrected chi connectivity index (χ0v) is 13.3. The van der Waals surface area contributed by atoms with Crippen molar-refractivity contribution in [3.8, 4) is 5.75 Å². The van der Waals surface area contributed by atoms with Crippen molar-refractivity contribution in [3.05, 3.63) is 24.3 Å². The predicted molar refractivity (Wildman–Crippen MR) is 86.1 cm³/mol. The maximum atomic E-state index is 12.4. The highest BCUT2D eigenvalue weighted by molar-refractivity contribution is 5.98. The second-order valence-electron chi connectivity index (χ2n) is 5.90. The molecular weight excluding hydrogens is 282 g/mol. The third-order valence-electron chi connectivity index (χ3n) is 3.74. The van der Waals surface area contributed by atoms with E-state index in [1.807, 2.05) is 38.4 Å². The maximum absolute atomic E-state index is 12.4. The van der Waals surface area contributed by atoms with Gasteiger partial charge in [0.15, 0.2) is 0 Å². The van der Waals surface area contributed by atoms with Gasteiger partial charge in [-0.15, -0.1) is 0 Å². The highest BCUT2D eigenvalue weighted by atomic mass is 16.5. The lowest BCUT2D eigenvalue weighted by molar-refractivity contribution is -0.124. The highest BCUT2D eigenvalue weighted by Gasteiger charge is 2.35. The molecule has 3 N–H and O–H groups in total. The summed E-state index contributed by atoms with van der Waals surface area (Å²) in [5, 5.41) is 2.88. The number of likely N-dealkylation sites (N-methyl/N-ethyl adjacent to an activating group) is 1. The molecule has 1 heterocycles. The first kappa shape index (κ1) is 16.7. The average molecular weight is 307 g/mol. The van der Waals surface area contributed by atoms with E-state index in [9.17, 15) is 4.79 Å². The molecule has 2 rings (SSSR count). The van der Waals surface area contributed by atoms with Gasteiger partial charge in [-0.3, -0.25) is 4.79 Å². The van der Waals surface area contributed by atoms with Crippen molar-refractivity contribution in [2.75, 3.05) is 45.8 Å². The van der Waals surface area contributed by atoms with Gasteiger partial charge in [-0.2, -0.15) is 0 Å². The molecule has 0 spiro atoms. The molecule has 1 aliphatic rings. The van der Waals surface area contributed by atoms with Crippen molar-refractivity contribution in [2.45, 2.75) is 18.4 Å². The van der Waals surface area contributed by atoms with E-state index in [4.69, 9.17) is 15.2 Å². The second kappa shape index (κ2) is 7.58. The number of amides is 1. The van der Waals surface area contributed by atoms with Crippen molar-refractivity contribution in [2.24, 2.45) is 5.73 Å². The number of hydrogen-bond donors (Lipinski definition) is 2. The fraction of sp³-hybridized carbons (Fsp3) is 0.562. The minimum absolute atomic E-state index is 0.166. The molecule has 6 nitrogen and oxygen atoms in total. The molecular formula is C16H25N3O3. The topological polar surface area (TPSA) is 76.8 Å². The average Bonchev–Trinajstić information content (AvgIpc) is 2.48. The summed E-state index contributed by atoms with van der Waals surface area (Å²) in [7, 11) is 3.99. The van der Waals surface area contributed by atoms with Gasteiger partial charge in [-0.05, 0) is 39.1 Å². The Labute approximate surface area is 131 Å². The number of ether oxygens (including phenoxy) is 2. The molecule has 1 amide bonds. The van der Waals surface area contributed by atoms with Gasteiger partial charge < -0.3 is 25.4 Å². The van der Waals surface area contributed by atoms with Crippen LogP contribution in [0.15, 0.2) is 24.3 Å². The Morgan fingerprint density at radius 1 is 1.41 bits per heavy atom. The quantitative estimate of drug-likeness (QED) is 0.822. The number of nitrogens with zero attached hydrogens (tertiary/aromatic N) is 1. The van der Waals surface area contributed by atoms with Crippen LogP contribution in [0, 0.1) is 0 Å². The molecule has 0 atom stereocenters. The minimum Gasteiger partial charge on any atom is -0.492 e. The summed E-state index contributed by atoms with van der Waals surface area (Å²) in [5.74, 6) is 0.568.